The molecule has 2 aromatic rings. The molecule has 1 aliphatic carbocycles. The lowest BCUT2D eigenvalue weighted by molar-refractivity contribution is 0.203. The first-order chi connectivity index (χ1) is 10.2. The van der Waals surface area contributed by atoms with Crippen molar-refractivity contribution in [2.24, 2.45) is 5.92 Å². The van der Waals surface area contributed by atoms with Gasteiger partial charge in [-0.1, -0.05) is 6.07 Å². The molecule has 0 bridgehead atoms. The molecular formula is C17H23N3O. The topological polar surface area (TPSA) is 51.4 Å². The van der Waals surface area contributed by atoms with E-state index in [-0.39, 0.29) is 0 Å². The molecule has 0 amide bonds. The second-order valence-corrected chi connectivity index (χ2v) is 5.86. The summed E-state index contributed by atoms with van der Waals surface area (Å²) in [6, 6.07) is 6.72. The van der Waals surface area contributed by atoms with Crippen LogP contribution < -0.4 is 10.6 Å². The van der Waals surface area contributed by atoms with E-state index < -0.39 is 0 Å². The Morgan fingerprint density at radius 1 is 1.38 bits per heavy atom. The maximum Gasteiger partial charge on any atom is 0.0637 e. The molecule has 1 heterocycles. The Bertz CT molecular complexity index is 624. The summed E-state index contributed by atoms with van der Waals surface area (Å²) in [6.45, 7) is 3.88. The van der Waals surface area contributed by atoms with E-state index >= 15 is 0 Å². The van der Waals surface area contributed by atoms with E-state index in [0.717, 1.165) is 34.6 Å². The third-order valence-electron chi connectivity index (χ3n) is 4.48. The first kappa shape index (κ1) is 14.1. The molecule has 2 N–H and O–H groups in total. The van der Waals surface area contributed by atoms with Gasteiger partial charge in [0.05, 0.1) is 18.0 Å². The maximum absolute atomic E-state index is 6.44. The van der Waals surface area contributed by atoms with Gasteiger partial charge in [0.2, 0.25) is 0 Å². The number of hydrogen-bond donors (Lipinski definition) is 1. The lowest BCUT2D eigenvalue weighted by Crippen LogP contribution is -2.37. The van der Waals surface area contributed by atoms with E-state index in [2.05, 4.69) is 28.9 Å². The quantitative estimate of drug-likeness (QED) is 0.829. The van der Waals surface area contributed by atoms with Crippen LogP contribution in [0.1, 0.15) is 19.8 Å². The smallest absolute Gasteiger partial charge is 0.0637 e. The van der Waals surface area contributed by atoms with E-state index in [1.807, 2.05) is 12.3 Å². The Balaban J connectivity index is 1.99. The number of pyridine rings is 1. The molecule has 1 saturated carbocycles. The molecule has 4 heteroatoms. The highest BCUT2D eigenvalue weighted by atomic mass is 16.5. The number of fused-ring (bicyclic) bond motifs is 1. The van der Waals surface area contributed by atoms with E-state index in [0.29, 0.717) is 12.6 Å². The highest BCUT2D eigenvalue weighted by Gasteiger charge is 2.32. The Hall–Kier alpha value is -1.81. The normalized spacial score (nSPS) is 16.1. The molecule has 1 aromatic heterocycles. The van der Waals surface area contributed by atoms with Crippen LogP contribution in [0, 0.1) is 5.92 Å². The summed E-state index contributed by atoms with van der Waals surface area (Å²) in [7, 11) is 1.75. The van der Waals surface area contributed by atoms with Crippen LogP contribution in [0.5, 0.6) is 0 Å². The van der Waals surface area contributed by atoms with Crippen molar-refractivity contribution >= 4 is 22.1 Å². The van der Waals surface area contributed by atoms with Crippen molar-refractivity contribution in [1.82, 2.24) is 4.98 Å². The summed E-state index contributed by atoms with van der Waals surface area (Å²) in [6.07, 6.45) is 6.30. The minimum Gasteiger partial charge on any atom is -0.397 e. The SMILES string of the molecule is COCCN(c1ccc2cnccc2c1N)C(C)C1CC1. The summed E-state index contributed by atoms with van der Waals surface area (Å²) >= 11 is 0. The van der Waals surface area contributed by atoms with Gasteiger partial charge in [-0.15, -0.1) is 0 Å². The zero-order valence-electron chi connectivity index (χ0n) is 12.7. The van der Waals surface area contributed by atoms with Crippen LogP contribution in [0.25, 0.3) is 10.8 Å². The van der Waals surface area contributed by atoms with Crippen molar-refractivity contribution in [1.29, 1.82) is 0 Å². The third-order valence-corrected chi connectivity index (χ3v) is 4.48. The summed E-state index contributed by atoms with van der Waals surface area (Å²) in [4.78, 5) is 6.56. The first-order valence-electron chi connectivity index (χ1n) is 7.60. The molecule has 21 heavy (non-hydrogen) atoms. The second kappa shape index (κ2) is 5.90. The lowest BCUT2D eigenvalue weighted by atomic mass is 10.1. The number of nitrogens with zero attached hydrogens (tertiary/aromatic N) is 2. The van der Waals surface area contributed by atoms with E-state index in [9.17, 15) is 0 Å². The molecule has 112 valence electrons. The van der Waals surface area contributed by atoms with Gasteiger partial charge in [0, 0.05) is 42.9 Å². The molecule has 4 nitrogen and oxygen atoms in total. The highest BCUT2D eigenvalue weighted by Crippen LogP contribution is 2.39. The molecule has 1 atom stereocenters. The minimum atomic E-state index is 0.502. The zero-order valence-corrected chi connectivity index (χ0v) is 12.7. The average Bonchev–Trinajstić information content (AvgIpc) is 3.34. The molecule has 1 unspecified atom stereocenters. The Kier molecular flexibility index (Phi) is 3.97. The van der Waals surface area contributed by atoms with Crippen molar-refractivity contribution in [2.45, 2.75) is 25.8 Å². The van der Waals surface area contributed by atoms with E-state index in [1.54, 1.807) is 13.3 Å². The van der Waals surface area contributed by atoms with Crippen LogP contribution >= 0.6 is 0 Å². The predicted molar refractivity (Wildman–Crippen MR) is 87.6 cm³/mol. The van der Waals surface area contributed by atoms with Crippen LogP contribution in [0.2, 0.25) is 0 Å². The zero-order chi connectivity index (χ0) is 14.8. The third kappa shape index (κ3) is 2.81. The number of nitrogens with two attached hydrogens (primary N) is 1. The van der Waals surface area contributed by atoms with Crippen molar-refractivity contribution in [3.8, 4) is 0 Å². The van der Waals surface area contributed by atoms with Gasteiger partial charge in [-0.05, 0) is 37.8 Å². The predicted octanol–water partition coefficient (Wildman–Crippen LogP) is 3.07. The standard InChI is InChI=1S/C17H23N3O/c1-12(13-3-4-13)20(9-10-21-2)16-6-5-14-11-19-8-7-15(14)17(16)18/h5-8,11-13H,3-4,9-10,18H2,1-2H3. The van der Waals surface area contributed by atoms with Crippen molar-refractivity contribution in [3.63, 3.8) is 0 Å². The van der Waals surface area contributed by atoms with Crippen LogP contribution in [0.15, 0.2) is 30.6 Å². The Labute approximate surface area is 125 Å². The first-order valence-corrected chi connectivity index (χ1v) is 7.60. The summed E-state index contributed by atoms with van der Waals surface area (Å²) < 4.78 is 5.28. The van der Waals surface area contributed by atoms with Crippen molar-refractivity contribution in [3.05, 3.63) is 30.6 Å². The van der Waals surface area contributed by atoms with Gasteiger partial charge in [0.25, 0.3) is 0 Å². The highest BCUT2D eigenvalue weighted by molar-refractivity contribution is 5.98. The monoisotopic (exact) mass is 285 g/mol. The molecular weight excluding hydrogens is 262 g/mol. The van der Waals surface area contributed by atoms with Gasteiger partial charge in [0.1, 0.15) is 0 Å². The number of nitrogen functional groups attached to an aromatic ring is 1. The van der Waals surface area contributed by atoms with Gasteiger partial charge in [-0.25, -0.2) is 0 Å². The fourth-order valence-corrected chi connectivity index (χ4v) is 3.00. The minimum absolute atomic E-state index is 0.502. The van der Waals surface area contributed by atoms with Crippen LogP contribution in [0.3, 0.4) is 0 Å². The van der Waals surface area contributed by atoms with Crippen molar-refractivity contribution < 1.29 is 4.74 Å². The summed E-state index contributed by atoms with van der Waals surface area (Å²) in [5.74, 6) is 0.786. The Morgan fingerprint density at radius 2 is 2.19 bits per heavy atom. The van der Waals surface area contributed by atoms with Gasteiger partial charge in [0.15, 0.2) is 0 Å². The number of methoxy groups -OCH3 is 1. The van der Waals surface area contributed by atoms with Gasteiger partial charge in [-0.3, -0.25) is 4.98 Å². The number of anilines is 2. The fraction of sp³-hybridized carbons (Fsp3) is 0.471. The van der Waals surface area contributed by atoms with Crippen LogP contribution in [0.4, 0.5) is 11.4 Å². The number of hydrogen-bond acceptors (Lipinski definition) is 4. The van der Waals surface area contributed by atoms with Crippen LogP contribution in [-0.4, -0.2) is 31.3 Å². The molecule has 0 spiro atoms. The summed E-state index contributed by atoms with van der Waals surface area (Å²) in [5, 5.41) is 2.16. The molecule has 0 aliphatic heterocycles. The Morgan fingerprint density at radius 3 is 2.90 bits per heavy atom. The lowest BCUT2D eigenvalue weighted by Gasteiger charge is -2.32. The number of benzene rings is 1. The van der Waals surface area contributed by atoms with E-state index in [4.69, 9.17) is 10.5 Å². The molecule has 1 aliphatic rings. The molecule has 1 fully saturated rings. The molecule has 0 radical (unpaired) electrons. The number of rotatable bonds is 6. The molecule has 0 saturated heterocycles. The fourth-order valence-electron chi connectivity index (χ4n) is 3.00. The molecule has 3 rings (SSSR count). The van der Waals surface area contributed by atoms with Crippen molar-refractivity contribution in [2.75, 3.05) is 30.9 Å². The van der Waals surface area contributed by atoms with Gasteiger partial charge < -0.3 is 15.4 Å². The largest absolute Gasteiger partial charge is 0.397 e. The second-order valence-electron chi connectivity index (χ2n) is 5.86. The van der Waals surface area contributed by atoms with Gasteiger partial charge >= 0.3 is 0 Å². The number of aromatic nitrogens is 1. The van der Waals surface area contributed by atoms with E-state index in [1.165, 1.54) is 12.8 Å². The van der Waals surface area contributed by atoms with Gasteiger partial charge in [-0.2, -0.15) is 0 Å². The summed E-state index contributed by atoms with van der Waals surface area (Å²) in [5.41, 5.74) is 8.40. The number of ether oxygens (including phenoxy) is 1. The average molecular weight is 285 g/mol. The van der Waals surface area contributed by atoms with Crippen LogP contribution in [-0.2, 0) is 4.74 Å². The molecule has 1 aromatic carbocycles. The maximum atomic E-state index is 6.44.